The van der Waals surface area contributed by atoms with E-state index in [1.54, 1.807) is 16.7 Å². The largest absolute Gasteiger partial charge is 0.378 e. The fourth-order valence-corrected chi connectivity index (χ4v) is 2.64. The number of carbonyl (C=O) groups is 2. The van der Waals surface area contributed by atoms with Gasteiger partial charge in [-0.2, -0.15) is 0 Å². The van der Waals surface area contributed by atoms with Crippen molar-refractivity contribution in [2.24, 2.45) is 0 Å². The molecule has 2 amide bonds. The molecule has 2 rings (SSSR count). The summed E-state index contributed by atoms with van der Waals surface area (Å²) < 4.78 is 5.23. The molecule has 2 aliphatic heterocycles. The Labute approximate surface area is 112 Å². The van der Waals surface area contributed by atoms with Crippen LogP contribution in [0, 0.1) is 0 Å². The molecule has 0 aromatic rings. The van der Waals surface area contributed by atoms with E-state index >= 15 is 0 Å². The second kappa shape index (κ2) is 5.89. The molecule has 0 aromatic carbocycles. The number of morpholine rings is 1. The Balaban J connectivity index is 2.01. The number of halogens is 1. The van der Waals surface area contributed by atoms with Gasteiger partial charge in [-0.1, -0.05) is 0 Å². The summed E-state index contributed by atoms with van der Waals surface area (Å²) in [5.74, 6) is -0.0951. The molecular weight excluding hydrogens is 256 g/mol. The van der Waals surface area contributed by atoms with Crippen molar-refractivity contribution in [1.29, 1.82) is 0 Å². The number of carbonyl (C=O) groups excluding carboxylic acids is 2. The lowest BCUT2D eigenvalue weighted by Gasteiger charge is -2.32. The van der Waals surface area contributed by atoms with Crippen LogP contribution in [-0.4, -0.2) is 65.9 Å². The number of amides is 2. The summed E-state index contributed by atoms with van der Waals surface area (Å²) in [7, 11) is 0. The standard InChI is InChI=1S/C12H19ClN2O3/c1-9(13)11(16)15-4-2-3-10(15)12(17)14-5-7-18-8-6-14/h9-10H,2-8H2,1H3. The molecule has 0 aliphatic carbocycles. The van der Waals surface area contributed by atoms with Gasteiger partial charge in [0.15, 0.2) is 0 Å². The van der Waals surface area contributed by atoms with Crippen LogP contribution < -0.4 is 0 Å². The second-order valence-electron chi connectivity index (χ2n) is 4.74. The molecule has 2 atom stereocenters. The van der Waals surface area contributed by atoms with Crippen molar-refractivity contribution in [3.8, 4) is 0 Å². The van der Waals surface area contributed by atoms with Crippen LogP contribution >= 0.6 is 11.6 Å². The first-order chi connectivity index (χ1) is 8.61. The zero-order valence-electron chi connectivity index (χ0n) is 10.6. The smallest absolute Gasteiger partial charge is 0.245 e. The van der Waals surface area contributed by atoms with Crippen molar-refractivity contribution in [3.05, 3.63) is 0 Å². The summed E-state index contributed by atoms with van der Waals surface area (Å²) in [6.07, 6.45) is 1.61. The quantitative estimate of drug-likeness (QED) is 0.688. The zero-order chi connectivity index (χ0) is 13.1. The first-order valence-electron chi connectivity index (χ1n) is 6.42. The van der Waals surface area contributed by atoms with E-state index in [1.165, 1.54) is 0 Å². The molecule has 5 nitrogen and oxygen atoms in total. The third-order valence-corrected chi connectivity index (χ3v) is 3.67. The highest BCUT2D eigenvalue weighted by Crippen LogP contribution is 2.21. The van der Waals surface area contributed by atoms with Gasteiger partial charge in [0, 0.05) is 19.6 Å². The molecule has 2 unspecified atom stereocenters. The van der Waals surface area contributed by atoms with Gasteiger partial charge < -0.3 is 14.5 Å². The van der Waals surface area contributed by atoms with Crippen LogP contribution in [0.4, 0.5) is 0 Å². The maximum absolute atomic E-state index is 12.4. The average molecular weight is 275 g/mol. The Morgan fingerprint density at radius 2 is 1.94 bits per heavy atom. The first kappa shape index (κ1) is 13.6. The minimum atomic E-state index is -0.567. The third-order valence-electron chi connectivity index (χ3n) is 3.48. The molecule has 0 bridgehead atoms. The molecule has 2 fully saturated rings. The molecule has 18 heavy (non-hydrogen) atoms. The number of likely N-dealkylation sites (tertiary alicyclic amines) is 1. The molecule has 0 radical (unpaired) electrons. The summed E-state index contributed by atoms with van der Waals surface area (Å²) in [6, 6.07) is -0.322. The highest BCUT2D eigenvalue weighted by atomic mass is 35.5. The van der Waals surface area contributed by atoms with E-state index in [4.69, 9.17) is 16.3 Å². The molecule has 0 N–H and O–H groups in total. The highest BCUT2D eigenvalue weighted by molar-refractivity contribution is 6.30. The first-order valence-corrected chi connectivity index (χ1v) is 6.86. The van der Waals surface area contributed by atoms with Gasteiger partial charge in [0.1, 0.15) is 11.4 Å². The number of ether oxygens (including phenoxy) is 1. The maximum Gasteiger partial charge on any atom is 0.245 e. The van der Waals surface area contributed by atoms with E-state index in [0.29, 0.717) is 32.8 Å². The van der Waals surface area contributed by atoms with Gasteiger partial charge in [-0.15, -0.1) is 11.6 Å². The van der Waals surface area contributed by atoms with Crippen molar-refractivity contribution < 1.29 is 14.3 Å². The van der Waals surface area contributed by atoms with Crippen LogP contribution in [0.1, 0.15) is 19.8 Å². The minimum Gasteiger partial charge on any atom is -0.378 e. The summed E-state index contributed by atoms with van der Waals surface area (Å²) in [6.45, 7) is 4.69. The molecule has 0 spiro atoms. The SMILES string of the molecule is CC(Cl)C(=O)N1CCCC1C(=O)N1CCOCC1. The van der Waals surface area contributed by atoms with E-state index in [-0.39, 0.29) is 17.9 Å². The Bertz CT molecular complexity index is 329. The van der Waals surface area contributed by atoms with Gasteiger partial charge in [0.2, 0.25) is 11.8 Å². The number of nitrogens with zero attached hydrogens (tertiary/aromatic N) is 2. The minimum absolute atomic E-state index is 0.0430. The maximum atomic E-state index is 12.4. The van der Waals surface area contributed by atoms with Crippen LogP contribution in [-0.2, 0) is 14.3 Å². The third kappa shape index (κ3) is 2.78. The molecule has 6 heteroatoms. The van der Waals surface area contributed by atoms with Gasteiger partial charge in [-0.25, -0.2) is 0 Å². The van der Waals surface area contributed by atoms with Crippen molar-refractivity contribution in [1.82, 2.24) is 9.80 Å². The van der Waals surface area contributed by atoms with Crippen LogP contribution in [0.3, 0.4) is 0 Å². The Hall–Kier alpha value is -0.810. The van der Waals surface area contributed by atoms with E-state index in [9.17, 15) is 9.59 Å². The fraction of sp³-hybridized carbons (Fsp3) is 0.833. The summed E-state index contributed by atoms with van der Waals surface area (Å²) in [5.41, 5.74) is 0. The molecule has 2 heterocycles. The Kier molecular flexibility index (Phi) is 4.45. The average Bonchev–Trinajstić information content (AvgIpc) is 2.87. The van der Waals surface area contributed by atoms with Gasteiger partial charge >= 0.3 is 0 Å². The molecule has 2 saturated heterocycles. The monoisotopic (exact) mass is 274 g/mol. The predicted molar refractivity (Wildman–Crippen MR) is 67.4 cm³/mol. The summed E-state index contributed by atoms with van der Waals surface area (Å²) >= 11 is 5.83. The van der Waals surface area contributed by atoms with Gasteiger partial charge in [0.05, 0.1) is 13.2 Å². The van der Waals surface area contributed by atoms with Crippen LogP contribution in [0.25, 0.3) is 0 Å². The lowest BCUT2D eigenvalue weighted by Crippen LogP contribution is -2.52. The van der Waals surface area contributed by atoms with Crippen LogP contribution in [0.15, 0.2) is 0 Å². The topological polar surface area (TPSA) is 49.9 Å². The van der Waals surface area contributed by atoms with E-state index < -0.39 is 5.38 Å². The van der Waals surface area contributed by atoms with Gasteiger partial charge in [0.25, 0.3) is 0 Å². The van der Waals surface area contributed by atoms with Crippen LogP contribution in [0.2, 0.25) is 0 Å². The lowest BCUT2D eigenvalue weighted by molar-refractivity contribution is -0.146. The summed E-state index contributed by atoms with van der Waals surface area (Å²) in [4.78, 5) is 27.7. The van der Waals surface area contributed by atoms with Gasteiger partial charge in [-0.05, 0) is 19.8 Å². The number of hydrogen-bond acceptors (Lipinski definition) is 3. The van der Waals surface area contributed by atoms with Crippen molar-refractivity contribution in [3.63, 3.8) is 0 Å². The number of rotatable bonds is 2. The second-order valence-corrected chi connectivity index (χ2v) is 5.40. The van der Waals surface area contributed by atoms with Crippen molar-refractivity contribution in [2.75, 3.05) is 32.8 Å². The predicted octanol–water partition coefficient (Wildman–Crippen LogP) is 0.464. The van der Waals surface area contributed by atoms with Gasteiger partial charge in [-0.3, -0.25) is 9.59 Å². The molecule has 0 aromatic heterocycles. The summed E-state index contributed by atoms with van der Waals surface area (Å²) in [5, 5.41) is -0.567. The molecular formula is C12H19ClN2O3. The number of hydrogen-bond donors (Lipinski definition) is 0. The molecule has 2 aliphatic rings. The Morgan fingerprint density at radius 3 is 2.56 bits per heavy atom. The van der Waals surface area contributed by atoms with Crippen molar-refractivity contribution >= 4 is 23.4 Å². The highest BCUT2D eigenvalue weighted by Gasteiger charge is 2.37. The van der Waals surface area contributed by atoms with Crippen molar-refractivity contribution in [2.45, 2.75) is 31.2 Å². The molecule has 0 saturated carbocycles. The van der Waals surface area contributed by atoms with E-state index in [0.717, 1.165) is 12.8 Å². The van der Waals surface area contributed by atoms with Crippen LogP contribution in [0.5, 0.6) is 0 Å². The lowest BCUT2D eigenvalue weighted by atomic mass is 10.1. The normalized spacial score (nSPS) is 26.2. The molecule has 102 valence electrons. The zero-order valence-corrected chi connectivity index (χ0v) is 11.4. The Morgan fingerprint density at radius 1 is 1.28 bits per heavy atom. The van der Waals surface area contributed by atoms with E-state index in [1.807, 2.05) is 0 Å². The fourth-order valence-electron chi connectivity index (χ4n) is 2.51. The number of alkyl halides is 1. The van der Waals surface area contributed by atoms with E-state index in [2.05, 4.69) is 0 Å².